The molecule has 2 aromatic rings. The van der Waals surface area contributed by atoms with Crippen molar-refractivity contribution in [2.45, 2.75) is 26.7 Å². The van der Waals surface area contributed by atoms with E-state index >= 15 is 0 Å². The SMILES string of the molecule is Cc1cc(Cl)ccc1-n1nnc(N)c1C(C)C. The molecule has 0 saturated carbocycles. The molecule has 1 aromatic carbocycles. The Morgan fingerprint density at radius 3 is 2.65 bits per heavy atom. The Morgan fingerprint density at radius 2 is 2.06 bits per heavy atom. The van der Waals surface area contributed by atoms with Crippen LogP contribution in [-0.2, 0) is 0 Å². The predicted octanol–water partition coefficient (Wildman–Crippen LogP) is 2.93. The van der Waals surface area contributed by atoms with Gasteiger partial charge in [0.1, 0.15) is 0 Å². The highest BCUT2D eigenvalue weighted by molar-refractivity contribution is 6.30. The van der Waals surface area contributed by atoms with Crippen LogP contribution in [0.15, 0.2) is 18.2 Å². The molecule has 1 heterocycles. The maximum atomic E-state index is 5.94. The second kappa shape index (κ2) is 4.37. The lowest BCUT2D eigenvalue weighted by Gasteiger charge is -2.11. The number of aryl methyl sites for hydroxylation is 1. The fraction of sp³-hybridized carbons (Fsp3) is 0.333. The summed E-state index contributed by atoms with van der Waals surface area (Å²) in [4.78, 5) is 0. The summed E-state index contributed by atoms with van der Waals surface area (Å²) in [7, 11) is 0. The van der Waals surface area contributed by atoms with Crippen LogP contribution in [0.1, 0.15) is 31.0 Å². The summed E-state index contributed by atoms with van der Waals surface area (Å²) >= 11 is 5.94. The monoisotopic (exact) mass is 250 g/mol. The van der Waals surface area contributed by atoms with Gasteiger partial charge >= 0.3 is 0 Å². The van der Waals surface area contributed by atoms with E-state index in [9.17, 15) is 0 Å². The number of hydrogen-bond donors (Lipinski definition) is 1. The molecule has 0 aliphatic carbocycles. The third-order valence-electron chi connectivity index (χ3n) is 2.67. The number of nitrogens with zero attached hydrogens (tertiary/aromatic N) is 3. The summed E-state index contributed by atoms with van der Waals surface area (Å²) < 4.78 is 1.78. The van der Waals surface area contributed by atoms with Crippen molar-refractivity contribution in [3.8, 4) is 5.69 Å². The first-order valence-corrected chi connectivity index (χ1v) is 5.86. The van der Waals surface area contributed by atoms with Gasteiger partial charge in [0.2, 0.25) is 0 Å². The summed E-state index contributed by atoms with van der Waals surface area (Å²) in [5.74, 6) is 0.745. The van der Waals surface area contributed by atoms with Gasteiger partial charge in [0.25, 0.3) is 0 Å². The molecule has 0 aliphatic rings. The second-order valence-corrected chi connectivity index (χ2v) is 4.79. The smallest absolute Gasteiger partial charge is 0.169 e. The molecule has 0 saturated heterocycles. The summed E-state index contributed by atoms with van der Waals surface area (Å²) in [6.07, 6.45) is 0. The number of nitrogen functional groups attached to an aromatic ring is 1. The number of halogens is 1. The Bertz CT molecular complexity index is 545. The van der Waals surface area contributed by atoms with Crippen LogP contribution >= 0.6 is 11.6 Å². The molecule has 2 N–H and O–H groups in total. The first kappa shape index (κ1) is 11.9. The fourth-order valence-corrected chi connectivity index (χ4v) is 2.10. The molecule has 0 bridgehead atoms. The van der Waals surface area contributed by atoms with Gasteiger partial charge in [0.05, 0.1) is 11.4 Å². The lowest BCUT2D eigenvalue weighted by Crippen LogP contribution is -2.06. The Morgan fingerprint density at radius 1 is 1.35 bits per heavy atom. The van der Waals surface area contributed by atoms with E-state index in [0.29, 0.717) is 10.8 Å². The van der Waals surface area contributed by atoms with Crippen LogP contribution in [0.4, 0.5) is 5.82 Å². The van der Waals surface area contributed by atoms with Crippen molar-refractivity contribution in [3.63, 3.8) is 0 Å². The van der Waals surface area contributed by atoms with Gasteiger partial charge < -0.3 is 5.73 Å². The highest BCUT2D eigenvalue weighted by Crippen LogP contribution is 2.25. The van der Waals surface area contributed by atoms with Crippen molar-refractivity contribution in [3.05, 3.63) is 34.5 Å². The zero-order valence-corrected chi connectivity index (χ0v) is 10.9. The van der Waals surface area contributed by atoms with Crippen molar-refractivity contribution in [1.82, 2.24) is 15.0 Å². The van der Waals surface area contributed by atoms with Gasteiger partial charge in [-0.05, 0) is 36.6 Å². The van der Waals surface area contributed by atoms with E-state index in [0.717, 1.165) is 16.9 Å². The quantitative estimate of drug-likeness (QED) is 0.892. The minimum absolute atomic E-state index is 0.264. The first-order chi connectivity index (χ1) is 8.00. The van der Waals surface area contributed by atoms with Crippen molar-refractivity contribution in [2.24, 2.45) is 0 Å². The van der Waals surface area contributed by atoms with Gasteiger partial charge in [-0.3, -0.25) is 0 Å². The van der Waals surface area contributed by atoms with Crippen LogP contribution < -0.4 is 5.73 Å². The van der Waals surface area contributed by atoms with E-state index in [1.54, 1.807) is 4.68 Å². The second-order valence-electron chi connectivity index (χ2n) is 4.36. The van der Waals surface area contributed by atoms with E-state index in [-0.39, 0.29) is 5.92 Å². The topological polar surface area (TPSA) is 56.7 Å². The molecule has 0 unspecified atom stereocenters. The molecular formula is C12H15ClN4. The van der Waals surface area contributed by atoms with E-state index < -0.39 is 0 Å². The largest absolute Gasteiger partial charge is 0.381 e. The number of anilines is 1. The third-order valence-corrected chi connectivity index (χ3v) is 2.90. The molecule has 0 spiro atoms. The van der Waals surface area contributed by atoms with E-state index in [1.165, 1.54) is 0 Å². The maximum absolute atomic E-state index is 5.94. The molecule has 0 radical (unpaired) electrons. The first-order valence-electron chi connectivity index (χ1n) is 5.48. The molecule has 2 rings (SSSR count). The number of aromatic nitrogens is 3. The Balaban J connectivity index is 2.61. The Kier molecular flexibility index (Phi) is 3.07. The lowest BCUT2D eigenvalue weighted by molar-refractivity contribution is 0.713. The molecular weight excluding hydrogens is 236 g/mol. The van der Waals surface area contributed by atoms with Crippen LogP contribution in [0.5, 0.6) is 0 Å². The normalized spacial score (nSPS) is 11.1. The summed E-state index contributed by atoms with van der Waals surface area (Å²) in [5.41, 5.74) is 8.77. The average Bonchev–Trinajstić information content (AvgIpc) is 2.60. The predicted molar refractivity (Wildman–Crippen MR) is 69.6 cm³/mol. The number of hydrogen-bond acceptors (Lipinski definition) is 3. The molecule has 4 nitrogen and oxygen atoms in total. The van der Waals surface area contributed by atoms with Crippen LogP contribution in [0.25, 0.3) is 5.69 Å². The molecule has 0 fully saturated rings. The lowest BCUT2D eigenvalue weighted by atomic mass is 10.1. The third kappa shape index (κ3) is 2.13. The zero-order chi connectivity index (χ0) is 12.6. The van der Waals surface area contributed by atoms with Gasteiger partial charge in [-0.15, -0.1) is 5.10 Å². The van der Waals surface area contributed by atoms with E-state index in [1.807, 2.05) is 25.1 Å². The molecule has 90 valence electrons. The minimum atomic E-state index is 0.264. The Hall–Kier alpha value is -1.55. The van der Waals surface area contributed by atoms with Gasteiger partial charge in [0.15, 0.2) is 5.82 Å². The van der Waals surface area contributed by atoms with Crippen LogP contribution in [-0.4, -0.2) is 15.0 Å². The van der Waals surface area contributed by atoms with E-state index in [2.05, 4.69) is 24.2 Å². The molecule has 1 aromatic heterocycles. The van der Waals surface area contributed by atoms with Crippen molar-refractivity contribution in [1.29, 1.82) is 0 Å². The van der Waals surface area contributed by atoms with Gasteiger partial charge in [-0.1, -0.05) is 30.7 Å². The minimum Gasteiger partial charge on any atom is -0.381 e. The van der Waals surface area contributed by atoms with Crippen LogP contribution in [0.3, 0.4) is 0 Å². The molecule has 17 heavy (non-hydrogen) atoms. The summed E-state index contributed by atoms with van der Waals surface area (Å²) in [5, 5.41) is 8.75. The molecule has 0 aliphatic heterocycles. The zero-order valence-electron chi connectivity index (χ0n) is 10.1. The van der Waals surface area contributed by atoms with Crippen molar-refractivity contribution >= 4 is 17.4 Å². The van der Waals surface area contributed by atoms with Crippen LogP contribution in [0.2, 0.25) is 5.02 Å². The average molecular weight is 251 g/mol. The summed E-state index contributed by atoms with van der Waals surface area (Å²) in [6.45, 7) is 6.12. The van der Waals surface area contributed by atoms with Crippen molar-refractivity contribution < 1.29 is 0 Å². The van der Waals surface area contributed by atoms with E-state index in [4.69, 9.17) is 17.3 Å². The highest BCUT2D eigenvalue weighted by Gasteiger charge is 2.16. The summed E-state index contributed by atoms with van der Waals surface area (Å²) in [6, 6.07) is 5.67. The highest BCUT2D eigenvalue weighted by atomic mass is 35.5. The number of nitrogens with two attached hydrogens (primary N) is 1. The molecule has 0 amide bonds. The Labute approximate surface area is 105 Å². The van der Waals surface area contributed by atoms with Crippen LogP contribution in [0, 0.1) is 6.92 Å². The number of rotatable bonds is 2. The standard InChI is InChI=1S/C12H15ClN4/c1-7(2)11-12(14)15-16-17(11)10-5-4-9(13)6-8(10)3/h4-7H,14H2,1-3H3. The van der Waals surface area contributed by atoms with Gasteiger partial charge in [0, 0.05) is 5.02 Å². The number of benzene rings is 1. The fourth-order valence-electron chi connectivity index (χ4n) is 1.88. The van der Waals surface area contributed by atoms with Crippen molar-refractivity contribution in [2.75, 3.05) is 5.73 Å². The maximum Gasteiger partial charge on any atom is 0.169 e. The van der Waals surface area contributed by atoms with Gasteiger partial charge in [-0.2, -0.15) is 0 Å². The molecule has 5 heteroatoms. The van der Waals surface area contributed by atoms with Gasteiger partial charge in [-0.25, -0.2) is 4.68 Å². The molecule has 0 atom stereocenters.